The Labute approximate surface area is 268 Å². The van der Waals surface area contributed by atoms with Crippen molar-refractivity contribution < 1.29 is 28.6 Å². The molecule has 4 aliphatic rings. The van der Waals surface area contributed by atoms with Crippen LogP contribution >= 0.6 is 0 Å². The fourth-order valence-electron chi connectivity index (χ4n) is 10.6. The molecule has 0 N–H and O–H groups in total. The number of carbonyl (C=O) groups is 3. The highest BCUT2D eigenvalue weighted by Gasteiger charge is 2.65. The van der Waals surface area contributed by atoms with Crippen LogP contribution in [0, 0.1) is 46.3 Å². The third-order valence-corrected chi connectivity index (χ3v) is 13.0. The number of esters is 3. The van der Waals surface area contributed by atoms with Crippen molar-refractivity contribution in [3.8, 4) is 0 Å². The van der Waals surface area contributed by atoms with Crippen LogP contribution in [0.25, 0.3) is 0 Å². The molecular formula is C39H50O6. The molecule has 0 saturated heterocycles. The van der Waals surface area contributed by atoms with Crippen molar-refractivity contribution in [2.24, 2.45) is 46.3 Å². The molecule has 0 aliphatic heterocycles. The van der Waals surface area contributed by atoms with Crippen LogP contribution in [0.2, 0.25) is 0 Å². The summed E-state index contributed by atoms with van der Waals surface area (Å²) in [5, 5.41) is 0. The van der Waals surface area contributed by atoms with Gasteiger partial charge < -0.3 is 14.2 Å². The van der Waals surface area contributed by atoms with Crippen LogP contribution in [0.1, 0.15) is 106 Å². The van der Waals surface area contributed by atoms with E-state index in [1.807, 2.05) is 60.7 Å². The van der Waals surface area contributed by atoms with Crippen LogP contribution in [-0.2, 0) is 19.0 Å². The van der Waals surface area contributed by atoms with Crippen LogP contribution in [0.4, 0.5) is 0 Å². The minimum atomic E-state index is -0.235. The standard InChI is InChI=1S/C39H50O6/c1-25(15-20-35(40)43-4)31-18-19-32-30-17-16-28-23-29(44-36(41)26-11-7-5-8-12-26)21-22-38(28,2)33(30)24-34(39(31,32)3)45-37(42)27-13-9-6-10-14-27/h5-14,25,28-34H,15-24H2,1-4H3/t25-,28+,29-,30+,31-,32+,33+,34+,38+,39-/m1/s1. The van der Waals surface area contributed by atoms with Gasteiger partial charge in [-0.3, -0.25) is 4.79 Å². The molecule has 0 bridgehead atoms. The Balaban J connectivity index is 1.24. The highest BCUT2D eigenvalue weighted by atomic mass is 16.5. The maximum atomic E-state index is 13.6. The van der Waals surface area contributed by atoms with Crippen molar-refractivity contribution in [1.29, 1.82) is 0 Å². The summed E-state index contributed by atoms with van der Waals surface area (Å²) in [6.07, 6.45) is 9.21. The molecule has 6 nitrogen and oxygen atoms in total. The van der Waals surface area contributed by atoms with E-state index in [1.165, 1.54) is 13.5 Å². The molecule has 242 valence electrons. The molecule has 2 aromatic rings. The Kier molecular flexibility index (Phi) is 9.14. The van der Waals surface area contributed by atoms with Gasteiger partial charge >= 0.3 is 17.9 Å². The number of carbonyl (C=O) groups excluding carboxylic acids is 3. The summed E-state index contributed by atoms with van der Waals surface area (Å²) in [5.41, 5.74) is 1.18. The quantitative estimate of drug-likeness (QED) is 0.220. The molecule has 6 heteroatoms. The van der Waals surface area contributed by atoms with Gasteiger partial charge in [-0.25, -0.2) is 9.59 Å². The smallest absolute Gasteiger partial charge is 0.338 e. The van der Waals surface area contributed by atoms with Crippen molar-refractivity contribution >= 4 is 17.9 Å². The van der Waals surface area contributed by atoms with E-state index >= 15 is 0 Å². The molecule has 4 fully saturated rings. The predicted octanol–water partition coefficient (Wildman–Crippen LogP) is 8.30. The molecule has 45 heavy (non-hydrogen) atoms. The lowest BCUT2D eigenvalue weighted by Gasteiger charge is -2.62. The van der Waals surface area contributed by atoms with Crippen LogP contribution in [0.5, 0.6) is 0 Å². The number of hydrogen-bond acceptors (Lipinski definition) is 6. The molecule has 0 aromatic heterocycles. The van der Waals surface area contributed by atoms with Gasteiger partial charge in [-0.05, 0) is 123 Å². The van der Waals surface area contributed by atoms with Crippen LogP contribution in [-0.4, -0.2) is 37.2 Å². The van der Waals surface area contributed by atoms with E-state index in [0.29, 0.717) is 53.1 Å². The van der Waals surface area contributed by atoms with Crippen molar-refractivity contribution in [3.05, 3.63) is 71.8 Å². The average Bonchev–Trinajstić information content (AvgIpc) is 3.43. The number of benzene rings is 2. The van der Waals surface area contributed by atoms with E-state index in [4.69, 9.17) is 14.2 Å². The summed E-state index contributed by atoms with van der Waals surface area (Å²) in [6.45, 7) is 7.16. The first-order valence-electron chi connectivity index (χ1n) is 17.2. The summed E-state index contributed by atoms with van der Waals surface area (Å²) in [7, 11) is 1.46. The van der Waals surface area contributed by atoms with E-state index in [1.54, 1.807) is 0 Å². The molecule has 0 amide bonds. The Hall–Kier alpha value is -3.15. The summed E-state index contributed by atoms with van der Waals surface area (Å²) < 4.78 is 17.6. The summed E-state index contributed by atoms with van der Waals surface area (Å²) in [5.74, 6) is 2.08. The van der Waals surface area contributed by atoms with Gasteiger partial charge in [-0.15, -0.1) is 0 Å². The molecule has 4 aliphatic carbocycles. The average molecular weight is 615 g/mol. The Morgan fingerprint density at radius 1 is 0.800 bits per heavy atom. The van der Waals surface area contributed by atoms with E-state index in [2.05, 4.69) is 20.8 Å². The monoisotopic (exact) mass is 614 g/mol. The Bertz CT molecular complexity index is 1360. The molecule has 6 rings (SSSR count). The lowest BCUT2D eigenvalue weighted by molar-refractivity contribution is -0.176. The van der Waals surface area contributed by atoms with Gasteiger partial charge in [0.05, 0.1) is 18.2 Å². The summed E-state index contributed by atoms with van der Waals surface area (Å²) >= 11 is 0. The lowest BCUT2D eigenvalue weighted by atomic mass is 9.43. The number of rotatable bonds is 8. The van der Waals surface area contributed by atoms with Gasteiger partial charge in [0.25, 0.3) is 0 Å². The predicted molar refractivity (Wildman–Crippen MR) is 172 cm³/mol. The minimum Gasteiger partial charge on any atom is -0.469 e. The third-order valence-electron chi connectivity index (χ3n) is 13.0. The van der Waals surface area contributed by atoms with E-state index < -0.39 is 0 Å². The maximum absolute atomic E-state index is 13.6. The molecule has 0 radical (unpaired) electrons. The van der Waals surface area contributed by atoms with Gasteiger partial charge in [-0.2, -0.15) is 0 Å². The van der Waals surface area contributed by atoms with Crippen molar-refractivity contribution in [2.45, 2.75) is 97.2 Å². The minimum absolute atomic E-state index is 0.0561. The van der Waals surface area contributed by atoms with Crippen molar-refractivity contribution in [2.75, 3.05) is 7.11 Å². The zero-order valence-corrected chi connectivity index (χ0v) is 27.4. The molecule has 0 heterocycles. The Morgan fingerprint density at radius 3 is 2.09 bits per heavy atom. The lowest BCUT2D eigenvalue weighted by Crippen LogP contribution is -2.59. The normalized spacial score (nSPS) is 36.0. The SMILES string of the molecule is COC(=O)CC[C@@H](C)[C@H]1CC[C@H]2[C@@H]3CC[C@H]4C[C@H](OC(=O)c5ccccc5)CC[C@]4(C)[C@H]3C[C@H](OC(=O)c3ccccc3)[C@]12C. The zero-order valence-electron chi connectivity index (χ0n) is 27.4. The zero-order chi connectivity index (χ0) is 31.8. The maximum Gasteiger partial charge on any atom is 0.338 e. The third kappa shape index (κ3) is 5.94. The van der Waals surface area contributed by atoms with Gasteiger partial charge in [0.2, 0.25) is 0 Å². The topological polar surface area (TPSA) is 78.9 Å². The van der Waals surface area contributed by atoms with Gasteiger partial charge in [0, 0.05) is 11.8 Å². The molecule has 2 aromatic carbocycles. The molecule has 0 unspecified atom stereocenters. The second-order valence-corrected chi connectivity index (χ2v) is 15.0. The first-order chi connectivity index (χ1) is 21.6. The largest absolute Gasteiger partial charge is 0.469 e. The molecule has 0 spiro atoms. The first-order valence-corrected chi connectivity index (χ1v) is 17.2. The number of fused-ring (bicyclic) bond motifs is 5. The highest BCUT2D eigenvalue weighted by molar-refractivity contribution is 5.90. The van der Waals surface area contributed by atoms with Gasteiger partial charge in [-0.1, -0.05) is 57.2 Å². The van der Waals surface area contributed by atoms with E-state index in [-0.39, 0.29) is 40.9 Å². The molecule has 10 atom stereocenters. The van der Waals surface area contributed by atoms with Crippen molar-refractivity contribution in [1.82, 2.24) is 0 Å². The number of hydrogen-bond donors (Lipinski definition) is 0. The summed E-state index contributed by atoms with van der Waals surface area (Å²) in [6, 6.07) is 18.7. The van der Waals surface area contributed by atoms with Crippen LogP contribution < -0.4 is 0 Å². The first kappa shape index (κ1) is 31.8. The van der Waals surface area contributed by atoms with Gasteiger partial charge in [0.1, 0.15) is 12.2 Å². The Morgan fingerprint density at radius 2 is 1.44 bits per heavy atom. The van der Waals surface area contributed by atoms with Crippen LogP contribution in [0.15, 0.2) is 60.7 Å². The summed E-state index contributed by atoms with van der Waals surface area (Å²) in [4.78, 5) is 38.6. The van der Waals surface area contributed by atoms with Crippen LogP contribution in [0.3, 0.4) is 0 Å². The number of methoxy groups -OCH3 is 1. The fraction of sp³-hybridized carbons (Fsp3) is 0.615. The second kappa shape index (κ2) is 12.9. The van der Waals surface area contributed by atoms with E-state index in [9.17, 15) is 14.4 Å². The highest BCUT2D eigenvalue weighted by Crippen LogP contribution is 2.69. The fourth-order valence-corrected chi connectivity index (χ4v) is 10.6. The van der Waals surface area contributed by atoms with Crippen molar-refractivity contribution in [3.63, 3.8) is 0 Å². The number of ether oxygens (including phenoxy) is 3. The molecule has 4 saturated carbocycles. The second-order valence-electron chi connectivity index (χ2n) is 15.0. The van der Waals surface area contributed by atoms with E-state index in [0.717, 1.165) is 51.4 Å². The van der Waals surface area contributed by atoms with Gasteiger partial charge in [0.15, 0.2) is 0 Å². The molecular weight excluding hydrogens is 564 g/mol.